The number of rotatable bonds is 3. The van der Waals surface area contributed by atoms with Crippen LogP contribution in [0.4, 0.5) is 5.69 Å². The van der Waals surface area contributed by atoms with Gasteiger partial charge in [0, 0.05) is 17.6 Å². The van der Waals surface area contributed by atoms with E-state index in [1.54, 1.807) is 18.2 Å². The molecule has 116 valence electrons. The number of anilines is 1. The number of carboxylic acids is 1. The molecular formula is C18H14NO4-. The number of carbonyl (C=O) groups is 2. The fourth-order valence-electron chi connectivity index (χ4n) is 3.39. The Morgan fingerprint density at radius 1 is 0.957 bits per heavy atom. The van der Waals surface area contributed by atoms with E-state index in [1.807, 2.05) is 36.4 Å². The first kappa shape index (κ1) is 14.0. The minimum absolute atomic E-state index is 0.355. The molecule has 5 heteroatoms. The Hall–Kier alpha value is -2.66. The molecular weight excluding hydrogens is 294 g/mol. The van der Waals surface area contributed by atoms with Crippen molar-refractivity contribution in [1.82, 2.24) is 0 Å². The second-order valence-electron chi connectivity index (χ2n) is 5.87. The van der Waals surface area contributed by atoms with Crippen molar-refractivity contribution in [3.05, 3.63) is 54.6 Å². The molecule has 1 fully saturated rings. The van der Waals surface area contributed by atoms with E-state index in [0.717, 1.165) is 10.8 Å². The van der Waals surface area contributed by atoms with E-state index < -0.39 is 30.0 Å². The van der Waals surface area contributed by atoms with Gasteiger partial charge in [-0.25, -0.2) is 0 Å². The van der Waals surface area contributed by atoms with E-state index in [0.29, 0.717) is 5.69 Å². The van der Waals surface area contributed by atoms with Gasteiger partial charge in [0.25, 0.3) is 0 Å². The summed E-state index contributed by atoms with van der Waals surface area (Å²) in [6, 6.07) is 13.4. The SMILES string of the molecule is O=C(Nc1ccc2ccccc2c1)[C@@H]1[C@@H](C(=O)[O-])[C@H]2C=C[C@@H]1O2. The van der Waals surface area contributed by atoms with E-state index in [4.69, 9.17) is 4.74 Å². The normalized spacial score (nSPS) is 28.2. The van der Waals surface area contributed by atoms with Crippen LogP contribution in [0.3, 0.4) is 0 Å². The molecule has 2 bridgehead atoms. The highest BCUT2D eigenvalue weighted by molar-refractivity contribution is 5.98. The third kappa shape index (κ3) is 2.29. The zero-order valence-electron chi connectivity index (χ0n) is 12.1. The van der Waals surface area contributed by atoms with Crippen molar-refractivity contribution in [3.63, 3.8) is 0 Å². The Bertz CT molecular complexity index is 829. The van der Waals surface area contributed by atoms with Gasteiger partial charge in [-0.2, -0.15) is 0 Å². The van der Waals surface area contributed by atoms with Gasteiger partial charge < -0.3 is 20.0 Å². The number of aliphatic carboxylic acids is 1. The van der Waals surface area contributed by atoms with Crippen LogP contribution in [-0.2, 0) is 14.3 Å². The molecule has 0 unspecified atom stereocenters. The molecule has 23 heavy (non-hydrogen) atoms. The summed E-state index contributed by atoms with van der Waals surface area (Å²) in [4.78, 5) is 23.9. The maximum absolute atomic E-state index is 12.5. The molecule has 5 nitrogen and oxygen atoms in total. The fourth-order valence-corrected chi connectivity index (χ4v) is 3.39. The van der Waals surface area contributed by atoms with Crippen molar-refractivity contribution in [2.75, 3.05) is 5.32 Å². The fraction of sp³-hybridized carbons (Fsp3) is 0.222. The third-order valence-electron chi connectivity index (χ3n) is 4.49. The number of carboxylic acid groups (broad SMARTS) is 1. The van der Waals surface area contributed by atoms with Crippen molar-refractivity contribution in [2.24, 2.45) is 11.8 Å². The predicted molar refractivity (Wildman–Crippen MR) is 82.4 cm³/mol. The number of hydrogen-bond acceptors (Lipinski definition) is 4. The first-order valence-corrected chi connectivity index (χ1v) is 7.48. The number of hydrogen-bond donors (Lipinski definition) is 1. The van der Waals surface area contributed by atoms with Gasteiger partial charge >= 0.3 is 0 Å². The van der Waals surface area contributed by atoms with E-state index in [9.17, 15) is 14.7 Å². The molecule has 4 atom stereocenters. The molecule has 0 aromatic heterocycles. The molecule has 4 rings (SSSR count). The second kappa shape index (κ2) is 5.21. The molecule has 0 aliphatic carbocycles. The number of amides is 1. The molecule has 1 saturated heterocycles. The molecule has 2 aliphatic rings. The summed E-state index contributed by atoms with van der Waals surface area (Å²) in [7, 11) is 0. The zero-order valence-corrected chi connectivity index (χ0v) is 12.1. The lowest BCUT2D eigenvalue weighted by atomic mass is 9.82. The Kier molecular flexibility index (Phi) is 3.16. The molecule has 0 saturated carbocycles. The average molecular weight is 308 g/mol. The van der Waals surface area contributed by atoms with Gasteiger partial charge in [0.2, 0.25) is 5.91 Å². The standard InChI is InChI=1S/C18H15NO4/c20-17(15-13-7-8-14(23-13)16(15)18(21)22)19-12-6-5-10-3-1-2-4-11(10)9-12/h1-9,13-16H,(H,19,20)(H,21,22)/p-1/t13-,14+,15-,16-/m0/s1. The maximum atomic E-state index is 12.5. The number of ether oxygens (including phenoxy) is 1. The molecule has 2 aromatic carbocycles. The molecule has 0 radical (unpaired) electrons. The summed E-state index contributed by atoms with van der Waals surface area (Å²) < 4.78 is 5.50. The van der Waals surface area contributed by atoms with Gasteiger partial charge in [0.05, 0.1) is 18.1 Å². The van der Waals surface area contributed by atoms with Crippen molar-refractivity contribution < 1.29 is 19.4 Å². The van der Waals surface area contributed by atoms with Crippen LogP contribution in [0.15, 0.2) is 54.6 Å². The Balaban J connectivity index is 1.59. The van der Waals surface area contributed by atoms with Gasteiger partial charge in [0.15, 0.2) is 0 Å². The van der Waals surface area contributed by atoms with Gasteiger partial charge in [-0.15, -0.1) is 0 Å². The highest BCUT2D eigenvalue weighted by Crippen LogP contribution is 2.39. The van der Waals surface area contributed by atoms with Gasteiger partial charge in [-0.05, 0) is 22.9 Å². The van der Waals surface area contributed by atoms with Crippen molar-refractivity contribution in [2.45, 2.75) is 12.2 Å². The van der Waals surface area contributed by atoms with E-state index >= 15 is 0 Å². The number of benzene rings is 2. The highest BCUT2D eigenvalue weighted by atomic mass is 16.5. The molecule has 0 spiro atoms. The van der Waals surface area contributed by atoms with Crippen molar-refractivity contribution >= 4 is 28.3 Å². The van der Waals surface area contributed by atoms with Crippen LogP contribution in [0.2, 0.25) is 0 Å². The average Bonchev–Trinajstić information content (AvgIpc) is 3.15. The zero-order chi connectivity index (χ0) is 16.0. The number of fused-ring (bicyclic) bond motifs is 3. The molecule has 2 aromatic rings. The van der Waals surface area contributed by atoms with Gasteiger partial charge in [-0.3, -0.25) is 4.79 Å². The van der Waals surface area contributed by atoms with Crippen LogP contribution in [0.25, 0.3) is 10.8 Å². The van der Waals surface area contributed by atoms with E-state index in [2.05, 4.69) is 5.32 Å². The number of nitrogens with one attached hydrogen (secondary N) is 1. The lowest BCUT2D eigenvalue weighted by Crippen LogP contribution is -2.45. The monoisotopic (exact) mass is 308 g/mol. The summed E-state index contributed by atoms with van der Waals surface area (Å²) >= 11 is 0. The summed E-state index contributed by atoms with van der Waals surface area (Å²) in [5.74, 6) is -3.31. The van der Waals surface area contributed by atoms with Crippen molar-refractivity contribution in [3.8, 4) is 0 Å². The largest absolute Gasteiger partial charge is 0.550 e. The maximum Gasteiger partial charge on any atom is 0.231 e. The topological polar surface area (TPSA) is 78.5 Å². The predicted octanol–water partition coefficient (Wildman–Crippen LogP) is 1.10. The lowest BCUT2D eigenvalue weighted by Gasteiger charge is -2.25. The van der Waals surface area contributed by atoms with Crippen LogP contribution in [0.5, 0.6) is 0 Å². The Morgan fingerprint density at radius 3 is 2.39 bits per heavy atom. The summed E-state index contributed by atoms with van der Waals surface area (Å²) in [6.45, 7) is 0. The number of carbonyl (C=O) groups excluding carboxylic acids is 2. The van der Waals surface area contributed by atoms with Crippen LogP contribution < -0.4 is 10.4 Å². The van der Waals surface area contributed by atoms with Crippen LogP contribution in [-0.4, -0.2) is 24.1 Å². The molecule has 2 aliphatic heterocycles. The third-order valence-corrected chi connectivity index (χ3v) is 4.49. The first-order valence-electron chi connectivity index (χ1n) is 7.48. The molecule has 1 amide bonds. The van der Waals surface area contributed by atoms with E-state index in [-0.39, 0.29) is 5.91 Å². The van der Waals surface area contributed by atoms with Crippen LogP contribution in [0.1, 0.15) is 0 Å². The summed E-state index contributed by atoms with van der Waals surface area (Å²) in [5.41, 5.74) is 0.637. The lowest BCUT2D eigenvalue weighted by molar-refractivity contribution is -0.313. The highest BCUT2D eigenvalue weighted by Gasteiger charge is 2.50. The minimum atomic E-state index is -1.25. The Labute approximate surface area is 132 Å². The Morgan fingerprint density at radius 2 is 1.65 bits per heavy atom. The van der Waals surface area contributed by atoms with Gasteiger partial charge in [-0.1, -0.05) is 42.5 Å². The molecule has 1 N–H and O–H groups in total. The van der Waals surface area contributed by atoms with Crippen LogP contribution in [0, 0.1) is 11.8 Å². The van der Waals surface area contributed by atoms with Crippen molar-refractivity contribution in [1.29, 1.82) is 0 Å². The molecule has 2 heterocycles. The minimum Gasteiger partial charge on any atom is -0.550 e. The smallest absolute Gasteiger partial charge is 0.231 e. The quantitative estimate of drug-likeness (QED) is 0.861. The first-order chi connectivity index (χ1) is 11.1. The summed E-state index contributed by atoms with van der Waals surface area (Å²) in [6.07, 6.45) is 2.36. The van der Waals surface area contributed by atoms with E-state index in [1.165, 1.54) is 0 Å². The summed E-state index contributed by atoms with van der Waals surface area (Å²) in [5, 5.41) is 16.2. The van der Waals surface area contributed by atoms with Crippen LogP contribution >= 0.6 is 0 Å². The van der Waals surface area contributed by atoms with Gasteiger partial charge in [0.1, 0.15) is 0 Å². The second-order valence-corrected chi connectivity index (χ2v) is 5.87.